The van der Waals surface area contributed by atoms with Crippen LogP contribution in [0.2, 0.25) is 0 Å². The molecule has 124 valence electrons. The van der Waals surface area contributed by atoms with Gasteiger partial charge in [0.15, 0.2) is 5.43 Å². The van der Waals surface area contributed by atoms with E-state index in [-0.39, 0.29) is 5.43 Å². The first-order valence-electron chi connectivity index (χ1n) is 7.92. The van der Waals surface area contributed by atoms with E-state index >= 15 is 0 Å². The molecule has 0 saturated carbocycles. The average Bonchev–Trinajstić information content (AvgIpc) is 2.56. The maximum atomic E-state index is 12.8. The van der Waals surface area contributed by atoms with Gasteiger partial charge in [-0.3, -0.25) is 4.79 Å². The van der Waals surface area contributed by atoms with Crippen molar-refractivity contribution in [1.82, 2.24) is 4.57 Å². The first-order valence-corrected chi connectivity index (χ1v) is 7.92. The standard InChI is InChI=1S/C19H19NO4/c1-19(2)18(23)17(22)14-13(24-19)9-8-11-15(14)20(3)12-7-5-4-6-10(12)16(11)21/h4-9,17-18,22-23H,1-3H3/t17-,18-/m1/s1. The molecule has 0 aliphatic carbocycles. The fourth-order valence-corrected chi connectivity index (χ4v) is 3.61. The Bertz CT molecular complexity index is 1030. The van der Waals surface area contributed by atoms with Gasteiger partial charge in [0.1, 0.15) is 23.6 Å². The minimum Gasteiger partial charge on any atom is -0.485 e. The van der Waals surface area contributed by atoms with Gasteiger partial charge in [-0.1, -0.05) is 12.1 Å². The van der Waals surface area contributed by atoms with Crippen LogP contribution in [0.5, 0.6) is 5.75 Å². The third-order valence-electron chi connectivity index (χ3n) is 4.95. The van der Waals surface area contributed by atoms with Crippen LogP contribution in [-0.4, -0.2) is 26.5 Å². The summed E-state index contributed by atoms with van der Waals surface area (Å²) in [5.41, 5.74) is 0.835. The lowest BCUT2D eigenvalue weighted by Gasteiger charge is -2.40. The van der Waals surface area contributed by atoms with Crippen molar-refractivity contribution >= 4 is 21.8 Å². The lowest BCUT2D eigenvalue weighted by Crippen LogP contribution is -2.49. The number of aryl methyl sites for hydroxylation is 1. The largest absolute Gasteiger partial charge is 0.485 e. The van der Waals surface area contributed by atoms with Gasteiger partial charge in [0.25, 0.3) is 0 Å². The molecule has 1 aliphatic heterocycles. The van der Waals surface area contributed by atoms with E-state index < -0.39 is 17.8 Å². The summed E-state index contributed by atoms with van der Waals surface area (Å²) < 4.78 is 7.77. The van der Waals surface area contributed by atoms with Crippen LogP contribution >= 0.6 is 0 Å². The van der Waals surface area contributed by atoms with Crippen LogP contribution < -0.4 is 10.2 Å². The molecule has 0 saturated heterocycles. The monoisotopic (exact) mass is 325 g/mol. The van der Waals surface area contributed by atoms with E-state index in [1.165, 1.54) is 0 Å². The predicted octanol–water partition coefficient (Wildman–Crippen LogP) is 2.26. The lowest BCUT2D eigenvalue weighted by atomic mass is 9.87. The zero-order chi connectivity index (χ0) is 17.2. The maximum Gasteiger partial charge on any atom is 0.197 e. The molecule has 2 atom stereocenters. The van der Waals surface area contributed by atoms with Crippen molar-refractivity contribution in [2.24, 2.45) is 7.05 Å². The summed E-state index contributed by atoms with van der Waals surface area (Å²) in [5.74, 6) is 0.496. The fraction of sp³-hybridized carbons (Fsp3) is 0.316. The topological polar surface area (TPSA) is 71.7 Å². The normalized spacial score (nSPS) is 22.4. The van der Waals surface area contributed by atoms with Gasteiger partial charge in [-0.25, -0.2) is 0 Å². The van der Waals surface area contributed by atoms with Gasteiger partial charge in [0, 0.05) is 23.4 Å². The Balaban J connectivity index is 2.19. The van der Waals surface area contributed by atoms with Crippen LogP contribution in [-0.2, 0) is 7.05 Å². The number of pyridine rings is 1. The molecule has 1 aliphatic rings. The Morgan fingerprint density at radius 1 is 1.08 bits per heavy atom. The predicted molar refractivity (Wildman–Crippen MR) is 92.4 cm³/mol. The van der Waals surface area contributed by atoms with Crippen molar-refractivity contribution in [2.45, 2.75) is 31.7 Å². The molecular weight excluding hydrogens is 306 g/mol. The molecule has 2 aromatic carbocycles. The molecule has 0 bridgehead atoms. The number of para-hydroxylation sites is 1. The molecule has 0 fully saturated rings. The van der Waals surface area contributed by atoms with Crippen LogP contribution in [0.15, 0.2) is 41.2 Å². The van der Waals surface area contributed by atoms with Gasteiger partial charge in [-0.2, -0.15) is 0 Å². The van der Waals surface area contributed by atoms with Crippen molar-refractivity contribution in [3.63, 3.8) is 0 Å². The van der Waals surface area contributed by atoms with Gasteiger partial charge < -0.3 is 19.5 Å². The highest BCUT2D eigenvalue weighted by molar-refractivity contribution is 5.96. The molecular formula is C19H19NO4. The summed E-state index contributed by atoms with van der Waals surface area (Å²) in [7, 11) is 1.85. The Kier molecular flexibility index (Phi) is 3.04. The molecule has 4 rings (SSSR count). The van der Waals surface area contributed by atoms with Crippen LogP contribution in [0.25, 0.3) is 21.8 Å². The minimum absolute atomic E-state index is 0.0898. The summed E-state index contributed by atoms with van der Waals surface area (Å²) in [6.45, 7) is 3.46. The lowest BCUT2D eigenvalue weighted by molar-refractivity contribution is -0.111. The Labute approximate surface area is 138 Å². The second-order valence-corrected chi connectivity index (χ2v) is 6.87. The van der Waals surface area contributed by atoms with E-state index in [9.17, 15) is 15.0 Å². The van der Waals surface area contributed by atoms with Crippen LogP contribution in [0.1, 0.15) is 25.5 Å². The van der Waals surface area contributed by atoms with E-state index in [1.807, 2.05) is 29.8 Å². The second-order valence-electron chi connectivity index (χ2n) is 6.87. The number of hydrogen-bond acceptors (Lipinski definition) is 4. The van der Waals surface area contributed by atoms with Gasteiger partial charge in [0.05, 0.1) is 11.0 Å². The number of fused-ring (bicyclic) bond motifs is 4. The van der Waals surface area contributed by atoms with E-state index in [4.69, 9.17) is 4.74 Å². The number of rotatable bonds is 0. The van der Waals surface area contributed by atoms with Crippen molar-refractivity contribution in [3.05, 3.63) is 52.2 Å². The molecule has 0 unspecified atom stereocenters. The number of benzene rings is 2. The highest BCUT2D eigenvalue weighted by atomic mass is 16.5. The van der Waals surface area contributed by atoms with E-state index in [0.29, 0.717) is 27.6 Å². The van der Waals surface area contributed by atoms with Gasteiger partial charge in [-0.05, 0) is 38.1 Å². The number of aromatic nitrogens is 1. The number of hydrogen-bond donors (Lipinski definition) is 2. The van der Waals surface area contributed by atoms with Crippen LogP contribution in [0.3, 0.4) is 0 Å². The number of nitrogens with zero attached hydrogens (tertiary/aromatic N) is 1. The van der Waals surface area contributed by atoms with Crippen molar-refractivity contribution in [2.75, 3.05) is 0 Å². The minimum atomic E-state index is -1.13. The van der Waals surface area contributed by atoms with E-state index in [1.54, 1.807) is 32.0 Å². The third kappa shape index (κ3) is 1.85. The fourth-order valence-electron chi connectivity index (χ4n) is 3.61. The molecule has 3 aromatic rings. The summed E-state index contributed by atoms with van der Waals surface area (Å²) in [5, 5.41) is 22.3. The van der Waals surface area contributed by atoms with Crippen molar-refractivity contribution < 1.29 is 14.9 Å². The van der Waals surface area contributed by atoms with E-state index in [2.05, 4.69) is 0 Å². The molecule has 5 heteroatoms. The van der Waals surface area contributed by atoms with Crippen molar-refractivity contribution in [1.29, 1.82) is 0 Å². The summed E-state index contributed by atoms with van der Waals surface area (Å²) >= 11 is 0. The molecule has 24 heavy (non-hydrogen) atoms. The highest BCUT2D eigenvalue weighted by Crippen LogP contribution is 2.43. The Morgan fingerprint density at radius 3 is 2.54 bits per heavy atom. The Morgan fingerprint density at radius 2 is 1.79 bits per heavy atom. The summed E-state index contributed by atoms with van der Waals surface area (Å²) in [6.07, 6.45) is -2.21. The van der Waals surface area contributed by atoms with Gasteiger partial charge >= 0.3 is 0 Å². The quantitative estimate of drug-likeness (QED) is 0.622. The number of aliphatic hydroxyl groups excluding tert-OH is 2. The average molecular weight is 325 g/mol. The number of aliphatic hydroxyl groups is 2. The van der Waals surface area contributed by atoms with E-state index in [0.717, 1.165) is 5.52 Å². The van der Waals surface area contributed by atoms with Gasteiger partial charge in [-0.15, -0.1) is 0 Å². The highest BCUT2D eigenvalue weighted by Gasteiger charge is 2.43. The van der Waals surface area contributed by atoms with Crippen molar-refractivity contribution in [3.8, 4) is 5.75 Å². The molecule has 2 N–H and O–H groups in total. The molecule has 0 amide bonds. The SMILES string of the molecule is Cn1c2ccccc2c(=O)c2ccc3c(c21)[C@@H](O)[C@@H](O)C(C)(C)O3. The maximum absolute atomic E-state index is 12.8. The first-order chi connectivity index (χ1) is 11.3. The molecule has 0 radical (unpaired) electrons. The number of ether oxygens (including phenoxy) is 1. The smallest absolute Gasteiger partial charge is 0.197 e. The zero-order valence-electron chi connectivity index (χ0n) is 13.8. The molecule has 5 nitrogen and oxygen atoms in total. The van der Waals surface area contributed by atoms with Crippen LogP contribution in [0.4, 0.5) is 0 Å². The van der Waals surface area contributed by atoms with Crippen LogP contribution in [0, 0.1) is 0 Å². The zero-order valence-corrected chi connectivity index (χ0v) is 13.8. The van der Waals surface area contributed by atoms with Gasteiger partial charge in [0.2, 0.25) is 0 Å². The molecule has 2 heterocycles. The molecule has 0 spiro atoms. The Hall–Kier alpha value is -2.37. The summed E-state index contributed by atoms with van der Waals surface area (Å²) in [4.78, 5) is 12.8. The third-order valence-corrected chi connectivity index (χ3v) is 4.95. The first kappa shape index (κ1) is 15.2. The summed E-state index contributed by atoms with van der Waals surface area (Å²) in [6, 6.07) is 10.8. The molecule has 1 aromatic heterocycles. The second kappa shape index (κ2) is 4.82.